The van der Waals surface area contributed by atoms with Gasteiger partial charge in [-0.3, -0.25) is 4.79 Å². The summed E-state index contributed by atoms with van der Waals surface area (Å²) in [7, 11) is 0. The highest BCUT2D eigenvalue weighted by Crippen LogP contribution is 2.29. The van der Waals surface area contributed by atoms with Crippen LogP contribution in [0.4, 0.5) is 13.2 Å². The van der Waals surface area contributed by atoms with Crippen molar-refractivity contribution in [3.05, 3.63) is 95.0 Å². The van der Waals surface area contributed by atoms with Crippen molar-refractivity contribution in [1.29, 1.82) is 0 Å². The third-order valence-electron chi connectivity index (χ3n) is 4.47. The van der Waals surface area contributed by atoms with E-state index in [1.807, 2.05) is 47.8 Å². The fraction of sp³-hybridized carbons (Fsp3) is 0.0909. The lowest BCUT2D eigenvalue weighted by Gasteiger charge is -2.08. The predicted molar refractivity (Wildman–Crippen MR) is 109 cm³/mol. The van der Waals surface area contributed by atoms with Crippen LogP contribution in [0.25, 0.3) is 16.3 Å². The van der Waals surface area contributed by atoms with Gasteiger partial charge in [-0.05, 0) is 41.3 Å². The average molecular weight is 427 g/mol. The molecule has 8 heteroatoms. The second-order valence-corrected chi connectivity index (χ2v) is 7.47. The highest BCUT2D eigenvalue weighted by atomic mass is 32.1. The number of hydrogen-bond donors (Lipinski definition) is 1. The van der Waals surface area contributed by atoms with Crippen LogP contribution in [0.2, 0.25) is 0 Å². The number of aromatic nitrogens is 2. The smallest absolute Gasteiger partial charge is 0.348 e. The van der Waals surface area contributed by atoms with Gasteiger partial charge in [-0.25, -0.2) is 4.68 Å². The molecule has 2 heterocycles. The molecule has 0 unspecified atom stereocenters. The van der Waals surface area contributed by atoms with Crippen LogP contribution in [-0.2, 0) is 12.7 Å². The Morgan fingerprint density at radius 2 is 1.73 bits per heavy atom. The van der Waals surface area contributed by atoms with E-state index >= 15 is 0 Å². The van der Waals surface area contributed by atoms with Crippen molar-refractivity contribution in [2.45, 2.75) is 12.7 Å². The average Bonchev–Trinajstić information content (AvgIpc) is 3.42. The van der Waals surface area contributed by atoms with Crippen molar-refractivity contribution in [3.63, 3.8) is 0 Å². The van der Waals surface area contributed by atoms with Gasteiger partial charge in [0, 0.05) is 12.7 Å². The van der Waals surface area contributed by atoms with E-state index in [9.17, 15) is 18.0 Å². The molecule has 4 rings (SSSR count). The quantitative estimate of drug-likeness (QED) is 0.454. The first-order valence-corrected chi connectivity index (χ1v) is 9.93. The Morgan fingerprint density at radius 3 is 2.37 bits per heavy atom. The van der Waals surface area contributed by atoms with Crippen molar-refractivity contribution < 1.29 is 18.0 Å². The summed E-state index contributed by atoms with van der Waals surface area (Å²) >= 11 is 1.47. The van der Waals surface area contributed by atoms with E-state index in [4.69, 9.17) is 0 Å². The monoisotopic (exact) mass is 427 g/mol. The number of halogens is 3. The van der Waals surface area contributed by atoms with E-state index in [0.29, 0.717) is 16.8 Å². The molecule has 4 aromatic rings. The van der Waals surface area contributed by atoms with Gasteiger partial charge in [-0.15, -0.1) is 11.3 Å². The van der Waals surface area contributed by atoms with Gasteiger partial charge in [0.05, 0.1) is 21.7 Å². The van der Waals surface area contributed by atoms with Crippen LogP contribution in [0.5, 0.6) is 0 Å². The van der Waals surface area contributed by atoms with Gasteiger partial charge in [0.25, 0.3) is 5.91 Å². The summed E-state index contributed by atoms with van der Waals surface area (Å²) in [6, 6.07) is 17.9. The van der Waals surface area contributed by atoms with Gasteiger partial charge in [-0.2, -0.15) is 18.3 Å². The van der Waals surface area contributed by atoms with Crippen molar-refractivity contribution in [1.82, 2.24) is 15.1 Å². The maximum atomic E-state index is 12.9. The molecule has 0 aliphatic heterocycles. The second-order valence-electron chi connectivity index (χ2n) is 6.53. The minimum atomic E-state index is -4.39. The van der Waals surface area contributed by atoms with E-state index < -0.39 is 11.7 Å². The zero-order chi connectivity index (χ0) is 21.1. The van der Waals surface area contributed by atoms with Crippen LogP contribution in [-0.4, -0.2) is 15.7 Å². The summed E-state index contributed by atoms with van der Waals surface area (Å²) in [6.45, 7) is 0.108. The lowest BCUT2D eigenvalue weighted by atomic mass is 10.1. The summed E-state index contributed by atoms with van der Waals surface area (Å²) in [4.78, 5) is 13.7. The van der Waals surface area contributed by atoms with Gasteiger partial charge < -0.3 is 5.32 Å². The molecular formula is C22H16F3N3OS. The fourth-order valence-electron chi connectivity index (χ4n) is 2.94. The predicted octanol–water partition coefficient (Wildman–Crippen LogP) is 5.55. The van der Waals surface area contributed by atoms with Gasteiger partial charge in [0.15, 0.2) is 0 Å². The molecule has 0 aliphatic rings. The zero-order valence-electron chi connectivity index (χ0n) is 15.6. The number of nitrogens with one attached hydrogen (secondary N) is 1. The summed E-state index contributed by atoms with van der Waals surface area (Å²) < 4.78 is 39.7. The first-order valence-electron chi connectivity index (χ1n) is 9.05. The van der Waals surface area contributed by atoms with Crippen molar-refractivity contribution in [3.8, 4) is 16.3 Å². The van der Waals surface area contributed by atoms with Gasteiger partial charge >= 0.3 is 6.18 Å². The van der Waals surface area contributed by atoms with E-state index in [1.54, 1.807) is 10.9 Å². The van der Waals surface area contributed by atoms with Crippen LogP contribution in [0.1, 0.15) is 21.5 Å². The van der Waals surface area contributed by atoms with E-state index in [2.05, 4.69) is 10.4 Å². The van der Waals surface area contributed by atoms with Crippen molar-refractivity contribution >= 4 is 17.2 Å². The Morgan fingerprint density at radius 1 is 1.00 bits per heavy atom. The standard InChI is InChI=1S/C22H16F3N3OS/c23-22(24,25)16-10-8-15(9-11-16)13-26-21(29)18-14-28(17-5-2-1-3-6-17)27-20(18)19-7-4-12-30-19/h1-12,14H,13H2,(H,26,29). The highest BCUT2D eigenvalue weighted by molar-refractivity contribution is 7.13. The van der Waals surface area contributed by atoms with Crippen LogP contribution in [0, 0.1) is 0 Å². The topological polar surface area (TPSA) is 46.9 Å². The molecule has 30 heavy (non-hydrogen) atoms. The highest BCUT2D eigenvalue weighted by Gasteiger charge is 2.30. The molecule has 0 aliphatic carbocycles. The molecule has 152 valence electrons. The molecule has 0 saturated heterocycles. The first-order chi connectivity index (χ1) is 14.4. The number of carbonyl (C=O) groups is 1. The Hall–Kier alpha value is -3.39. The van der Waals surface area contributed by atoms with Gasteiger partial charge in [-0.1, -0.05) is 36.4 Å². The molecule has 0 saturated carbocycles. The molecule has 2 aromatic carbocycles. The molecule has 0 fully saturated rings. The summed E-state index contributed by atoms with van der Waals surface area (Å²) in [5.74, 6) is -0.347. The largest absolute Gasteiger partial charge is 0.416 e. The van der Waals surface area contributed by atoms with Crippen molar-refractivity contribution in [2.24, 2.45) is 0 Å². The molecule has 2 aromatic heterocycles. The molecule has 0 spiro atoms. The van der Waals surface area contributed by atoms with Gasteiger partial charge in [0.2, 0.25) is 0 Å². The molecule has 0 radical (unpaired) electrons. The minimum absolute atomic E-state index is 0.108. The molecule has 1 amide bonds. The van der Waals surface area contributed by atoms with Crippen LogP contribution in [0.15, 0.2) is 78.3 Å². The number of para-hydroxylation sites is 1. The summed E-state index contributed by atoms with van der Waals surface area (Å²) in [6.07, 6.45) is -2.73. The lowest BCUT2D eigenvalue weighted by Crippen LogP contribution is -2.23. The number of rotatable bonds is 5. The number of amides is 1. The number of nitrogens with zero attached hydrogens (tertiary/aromatic N) is 2. The Labute approximate surface area is 174 Å². The van der Waals surface area contributed by atoms with E-state index in [1.165, 1.54) is 23.5 Å². The third kappa shape index (κ3) is 4.28. The van der Waals surface area contributed by atoms with Crippen LogP contribution >= 0.6 is 11.3 Å². The number of benzene rings is 2. The van der Waals surface area contributed by atoms with Crippen LogP contribution < -0.4 is 5.32 Å². The number of thiophene rings is 1. The molecule has 0 atom stereocenters. The maximum Gasteiger partial charge on any atom is 0.416 e. The Kier molecular flexibility index (Phi) is 5.41. The SMILES string of the molecule is O=C(NCc1ccc(C(F)(F)F)cc1)c1cn(-c2ccccc2)nc1-c1cccs1. The summed E-state index contributed by atoms with van der Waals surface area (Å²) in [5.41, 5.74) is 1.62. The van der Waals surface area contributed by atoms with E-state index in [-0.39, 0.29) is 12.5 Å². The lowest BCUT2D eigenvalue weighted by molar-refractivity contribution is -0.137. The number of alkyl halides is 3. The van der Waals surface area contributed by atoms with Crippen LogP contribution in [0.3, 0.4) is 0 Å². The molecule has 0 bridgehead atoms. The number of hydrogen-bond acceptors (Lipinski definition) is 3. The summed E-state index contributed by atoms with van der Waals surface area (Å²) in [5, 5.41) is 9.25. The zero-order valence-corrected chi connectivity index (χ0v) is 16.4. The van der Waals surface area contributed by atoms with Crippen molar-refractivity contribution in [2.75, 3.05) is 0 Å². The normalized spacial score (nSPS) is 11.4. The third-order valence-corrected chi connectivity index (χ3v) is 5.35. The fourth-order valence-corrected chi connectivity index (χ4v) is 3.66. The van der Waals surface area contributed by atoms with Gasteiger partial charge in [0.1, 0.15) is 5.69 Å². The molecular weight excluding hydrogens is 411 g/mol. The second kappa shape index (κ2) is 8.16. The first kappa shape index (κ1) is 19.9. The number of carbonyl (C=O) groups excluding carboxylic acids is 1. The Balaban J connectivity index is 1.56. The molecule has 1 N–H and O–H groups in total. The Bertz CT molecular complexity index is 1130. The minimum Gasteiger partial charge on any atom is -0.348 e. The maximum absolute atomic E-state index is 12.9. The molecule has 4 nitrogen and oxygen atoms in total. The van der Waals surface area contributed by atoms with E-state index in [0.717, 1.165) is 22.7 Å².